The molecule has 0 aliphatic carbocycles. The third-order valence-corrected chi connectivity index (χ3v) is 3.12. The molecule has 1 heterocycles. The normalized spacial score (nSPS) is 12.9. The first-order chi connectivity index (χ1) is 8.30. The van der Waals surface area contributed by atoms with Gasteiger partial charge in [0.2, 0.25) is 0 Å². The predicted molar refractivity (Wildman–Crippen MR) is 71.4 cm³/mol. The van der Waals surface area contributed by atoms with Gasteiger partial charge < -0.3 is 15.7 Å². The number of hydrogen-bond acceptors (Lipinski definition) is 4. The minimum atomic E-state index is -0.746. The molecule has 1 atom stereocenters. The standard InChI is InChI=1S/C12H18N2O3S/c1-12(2,3)9(15)6-13-10(16)11(17)14-8-4-5-18-7-8/h4-5,7,9,15H,6H2,1-3H3,(H,13,16)(H,14,17). The second-order valence-electron chi connectivity index (χ2n) is 5.06. The lowest BCUT2D eigenvalue weighted by molar-refractivity contribution is -0.136. The van der Waals surface area contributed by atoms with Gasteiger partial charge in [-0.15, -0.1) is 0 Å². The van der Waals surface area contributed by atoms with Gasteiger partial charge in [0.05, 0.1) is 11.8 Å². The van der Waals surface area contributed by atoms with E-state index >= 15 is 0 Å². The maximum Gasteiger partial charge on any atom is 0.313 e. The van der Waals surface area contributed by atoms with Crippen LogP contribution in [0.15, 0.2) is 16.8 Å². The number of aliphatic hydroxyl groups excluding tert-OH is 1. The average Bonchev–Trinajstić information content (AvgIpc) is 2.76. The van der Waals surface area contributed by atoms with Crippen LogP contribution < -0.4 is 10.6 Å². The van der Waals surface area contributed by atoms with Crippen LogP contribution in [0, 0.1) is 5.41 Å². The highest BCUT2D eigenvalue weighted by atomic mass is 32.1. The average molecular weight is 270 g/mol. The molecule has 3 N–H and O–H groups in total. The van der Waals surface area contributed by atoms with Gasteiger partial charge in [-0.25, -0.2) is 0 Å². The highest BCUT2D eigenvalue weighted by molar-refractivity contribution is 7.08. The van der Waals surface area contributed by atoms with Gasteiger partial charge in [0, 0.05) is 11.9 Å². The first-order valence-corrected chi connectivity index (χ1v) is 6.54. The number of anilines is 1. The summed E-state index contributed by atoms with van der Waals surface area (Å²) in [4.78, 5) is 22.9. The molecule has 1 unspecified atom stereocenters. The molecule has 6 heteroatoms. The van der Waals surface area contributed by atoms with E-state index in [1.54, 1.807) is 16.8 Å². The van der Waals surface area contributed by atoms with Gasteiger partial charge in [-0.3, -0.25) is 9.59 Å². The molecule has 1 aromatic heterocycles. The van der Waals surface area contributed by atoms with Gasteiger partial charge >= 0.3 is 11.8 Å². The van der Waals surface area contributed by atoms with Gasteiger partial charge in [-0.05, 0) is 16.9 Å². The van der Waals surface area contributed by atoms with Crippen LogP contribution >= 0.6 is 11.3 Å². The predicted octanol–water partition coefficient (Wildman–Crippen LogP) is 1.21. The van der Waals surface area contributed by atoms with Gasteiger partial charge in [-0.1, -0.05) is 20.8 Å². The number of amides is 2. The van der Waals surface area contributed by atoms with Crippen molar-refractivity contribution in [3.63, 3.8) is 0 Å². The van der Waals surface area contributed by atoms with E-state index in [1.165, 1.54) is 11.3 Å². The van der Waals surface area contributed by atoms with E-state index in [-0.39, 0.29) is 12.0 Å². The number of thiophene rings is 1. The molecular weight excluding hydrogens is 252 g/mol. The molecule has 0 aromatic carbocycles. The van der Waals surface area contributed by atoms with Crippen LogP contribution in [0.3, 0.4) is 0 Å². The molecule has 0 bridgehead atoms. The first-order valence-electron chi connectivity index (χ1n) is 5.60. The lowest BCUT2D eigenvalue weighted by atomic mass is 9.89. The quantitative estimate of drug-likeness (QED) is 0.722. The van der Waals surface area contributed by atoms with Crippen LogP contribution in [-0.4, -0.2) is 29.6 Å². The summed E-state index contributed by atoms with van der Waals surface area (Å²) < 4.78 is 0. The highest BCUT2D eigenvalue weighted by Crippen LogP contribution is 2.18. The molecule has 0 aliphatic rings. The smallest absolute Gasteiger partial charge is 0.313 e. The summed E-state index contributed by atoms with van der Waals surface area (Å²) >= 11 is 1.43. The summed E-state index contributed by atoms with van der Waals surface area (Å²) in [7, 11) is 0. The highest BCUT2D eigenvalue weighted by Gasteiger charge is 2.23. The SMILES string of the molecule is CC(C)(C)C(O)CNC(=O)C(=O)Nc1ccsc1. The topological polar surface area (TPSA) is 78.4 Å². The van der Waals surface area contributed by atoms with E-state index in [0.717, 1.165) is 0 Å². The molecule has 18 heavy (non-hydrogen) atoms. The lowest BCUT2D eigenvalue weighted by Gasteiger charge is -2.25. The van der Waals surface area contributed by atoms with Crippen molar-refractivity contribution >= 4 is 28.8 Å². The number of carbonyl (C=O) groups excluding carboxylic acids is 2. The maximum atomic E-state index is 11.5. The van der Waals surface area contributed by atoms with Gasteiger partial charge in [0.1, 0.15) is 0 Å². The fourth-order valence-electron chi connectivity index (χ4n) is 1.10. The first kappa shape index (κ1) is 14.7. The summed E-state index contributed by atoms with van der Waals surface area (Å²) in [5.41, 5.74) is 0.258. The molecule has 1 aromatic rings. The van der Waals surface area contributed by atoms with Crippen LogP contribution in [0.2, 0.25) is 0 Å². The van der Waals surface area contributed by atoms with Crippen LogP contribution in [0.4, 0.5) is 5.69 Å². The fraction of sp³-hybridized carbons (Fsp3) is 0.500. The Morgan fingerprint density at radius 2 is 2.06 bits per heavy atom. The van der Waals surface area contributed by atoms with Crippen LogP contribution in [-0.2, 0) is 9.59 Å². The van der Waals surface area contributed by atoms with Crippen molar-refractivity contribution in [2.45, 2.75) is 26.9 Å². The zero-order chi connectivity index (χ0) is 13.8. The molecule has 5 nitrogen and oxygen atoms in total. The molecule has 0 saturated heterocycles. The number of hydrogen-bond donors (Lipinski definition) is 3. The number of nitrogens with one attached hydrogen (secondary N) is 2. The molecule has 2 amide bonds. The van der Waals surface area contributed by atoms with Gasteiger partial charge in [0.25, 0.3) is 0 Å². The Morgan fingerprint density at radius 1 is 1.39 bits per heavy atom. The third-order valence-electron chi connectivity index (χ3n) is 2.44. The Morgan fingerprint density at radius 3 is 2.56 bits per heavy atom. The second-order valence-corrected chi connectivity index (χ2v) is 5.84. The summed E-state index contributed by atoms with van der Waals surface area (Å²) in [5, 5.41) is 18.1. The van der Waals surface area contributed by atoms with E-state index in [1.807, 2.05) is 20.8 Å². The Balaban J connectivity index is 2.39. The van der Waals surface area contributed by atoms with E-state index in [4.69, 9.17) is 0 Å². The van der Waals surface area contributed by atoms with Crippen molar-refractivity contribution in [3.05, 3.63) is 16.8 Å². The number of rotatable bonds is 3. The van der Waals surface area contributed by atoms with Crippen LogP contribution in [0.5, 0.6) is 0 Å². The number of carbonyl (C=O) groups is 2. The minimum Gasteiger partial charge on any atom is -0.391 e. The summed E-state index contributed by atoms with van der Waals surface area (Å²) in [6, 6.07) is 1.71. The third kappa shape index (κ3) is 4.46. The van der Waals surface area contributed by atoms with Crippen molar-refractivity contribution in [1.29, 1.82) is 0 Å². The Kier molecular flexibility index (Phi) is 4.86. The Hall–Kier alpha value is -1.40. The molecule has 0 fully saturated rings. The van der Waals surface area contributed by atoms with Crippen molar-refractivity contribution in [3.8, 4) is 0 Å². The van der Waals surface area contributed by atoms with Crippen molar-refractivity contribution < 1.29 is 14.7 Å². The van der Waals surface area contributed by atoms with E-state index in [0.29, 0.717) is 5.69 Å². The summed E-state index contributed by atoms with van der Waals surface area (Å²) in [6.07, 6.45) is -0.699. The monoisotopic (exact) mass is 270 g/mol. The van der Waals surface area contributed by atoms with E-state index < -0.39 is 17.9 Å². The summed E-state index contributed by atoms with van der Waals surface area (Å²) in [5.74, 6) is -1.47. The molecule has 0 radical (unpaired) electrons. The van der Waals surface area contributed by atoms with E-state index in [2.05, 4.69) is 10.6 Å². The van der Waals surface area contributed by atoms with Crippen molar-refractivity contribution in [2.24, 2.45) is 5.41 Å². The summed E-state index contributed by atoms with van der Waals surface area (Å²) in [6.45, 7) is 5.62. The molecule has 0 aliphatic heterocycles. The maximum absolute atomic E-state index is 11.5. The lowest BCUT2D eigenvalue weighted by Crippen LogP contribution is -2.43. The van der Waals surface area contributed by atoms with Gasteiger partial charge in [0.15, 0.2) is 0 Å². The van der Waals surface area contributed by atoms with Crippen molar-refractivity contribution in [1.82, 2.24) is 5.32 Å². The van der Waals surface area contributed by atoms with Crippen LogP contribution in [0.1, 0.15) is 20.8 Å². The molecule has 0 spiro atoms. The molecular formula is C12H18N2O3S. The zero-order valence-corrected chi connectivity index (χ0v) is 11.5. The second kappa shape index (κ2) is 5.97. The van der Waals surface area contributed by atoms with Gasteiger partial charge in [-0.2, -0.15) is 11.3 Å². The van der Waals surface area contributed by atoms with E-state index in [9.17, 15) is 14.7 Å². The molecule has 1 rings (SSSR count). The Bertz CT molecular complexity index is 409. The van der Waals surface area contributed by atoms with Crippen LogP contribution in [0.25, 0.3) is 0 Å². The number of aliphatic hydroxyl groups is 1. The minimum absolute atomic E-state index is 0.0550. The molecule has 0 saturated carbocycles. The molecule has 100 valence electrons. The fourth-order valence-corrected chi connectivity index (χ4v) is 1.69. The van der Waals surface area contributed by atoms with Crippen molar-refractivity contribution in [2.75, 3.05) is 11.9 Å². The largest absolute Gasteiger partial charge is 0.391 e. The zero-order valence-electron chi connectivity index (χ0n) is 10.7. The Labute approximate surface area is 110 Å².